The lowest BCUT2D eigenvalue weighted by Crippen LogP contribution is -2.54. The Kier molecular flexibility index (Phi) is 3.84. The lowest BCUT2D eigenvalue weighted by Gasteiger charge is -2.48. The van der Waals surface area contributed by atoms with Gasteiger partial charge in [0.15, 0.2) is 0 Å². The summed E-state index contributed by atoms with van der Waals surface area (Å²) in [6, 6.07) is 2.34. The maximum atomic E-state index is 3.69. The molecule has 0 aromatic rings. The molecule has 2 aliphatic carbocycles. The van der Waals surface area contributed by atoms with Crippen LogP contribution in [0.3, 0.4) is 0 Å². The molecular formula is C15H30N2. The van der Waals surface area contributed by atoms with Gasteiger partial charge in [0, 0.05) is 18.1 Å². The third kappa shape index (κ3) is 3.23. The molecular weight excluding hydrogens is 208 g/mol. The Balaban J connectivity index is 1.79. The molecule has 100 valence electrons. The molecule has 0 aromatic carbocycles. The van der Waals surface area contributed by atoms with E-state index in [0.29, 0.717) is 11.5 Å². The Hall–Kier alpha value is -0.0800. The van der Waals surface area contributed by atoms with Gasteiger partial charge >= 0.3 is 0 Å². The van der Waals surface area contributed by atoms with Crippen molar-refractivity contribution < 1.29 is 0 Å². The molecule has 0 radical (unpaired) electrons. The molecule has 3 unspecified atom stereocenters. The molecule has 0 bridgehead atoms. The Labute approximate surface area is 107 Å². The van der Waals surface area contributed by atoms with E-state index in [1.54, 1.807) is 0 Å². The average Bonchev–Trinajstić information content (AvgIpc) is 2.97. The highest BCUT2D eigenvalue weighted by molar-refractivity contribution is 4.94. The van der Waals surface area contributed by atoms with Crippen molar-refractivity contribution in [3.05, 3.63) is 0 Å². The van der Waals surface area contributed by atoms with E-state index in [9.17, 15) is 0 Å². The zero-order valence-electron chi connectivity index (χ0n) is 12.3. The number of nitrogens with zero attached hydrogens (tertiary/aromatic N) is 1. The molecule has 0 aliphatic heterocycles. The van der Waals surface area contributed by atoms with Gasteiger partial charge in [-0.1, -0.05) is 20.8 Å². The molecule has 0 saturated heterocycles. The lowest BCUT2D eigenvalue weighted by molar-refractivity contribution is 0.0165. The van der Waals surface area contributed by atoms with E-state index in [1.165, 1.54) is 32.2 Å². The quantitative estimate of drug-likeness (QED) is 0.792. The van der Waals surface area contributed by atoms with E-state index in [0.717, 1.165) is 18.0 Å². The molecule has 2 fully saturated rings. The molecule has 1 N–H and O–H groups in total. The van der Waals surface area contributed by atoms with Gasteiger partial charge in [-0.05, 0) is 57.5 Å². The standard InChI is InChI=1S/C15H30N2/c1-11(15(2,3)4)17(5)14-9-6-12(14)10-16-13-7-8-13/h11-14,16H,6-10H2,1-5H3. The van der Waals surface area contributed by atoms with Crippen molar-refractivity contribution in [3.63, 3.8) is 0 Å². The number of rotatable bonds is 5. The molecule has 2 heteroatoms. The van der Waals surface area contributed by atoms with Gasteiger partial charge < -0.3 is 5.32 Å². The fraction of sp³-hybridized carbons (Fsp3) is 1.00. The maximum absolute atomic E-state index is 3.69. The van der Waals surface area contributed by atoms with Gasteiger partial charge in [0.2, 0.25) is 0 Å². The van der Waals surface area contributed by atoms with E-state index >= 15 is 0 Å². The van der Waals surface area contributed by atoms with Gasteiger partial charge in [-0.25, -0.2) is 0 Å². The van der Waals surface area contributed by atoms with E-state index < -0.39 is 0 Å². The largest absolute Gasteiger partial charge is 0.314 e. The number of hydrogen-bond donors (Lipinski definition) is 1. The van der Waals surface area contributed by atoms with E-state index in [-0.39, 0.29) is 0 Å². The smallest absolute Gasteiger partial charge is 0.0136 e. The summed E-state index contributed by atoms with van der Waals surface area (Å²) in [6.45, 7) is 10.7. The van der Waals surface area contributed by atoms with Crippen molar-refractivity contribution in [1.29, 1.82) is 0 Å². The van der Waals surface area contributed by atoms with Crippen LogP contribution in [-0.4, -0.2) is 36.6 Å². The van der Waals surface area contributed by atoms with Crippen LogP contribution in [0.2, 0.25) is 0 Å². The van der Waals surface area contributed by atoms with Crippen molar-refractivity contribution in [3.8, 4) is 0 Å². The summed E-state index contributed by atoms with van der Waals surface area (Å²) in [5.74, 6) is 0.894. The van der Waals surface area contributed by atoms with Crippen molar-refractivity contribution >= 4 is 0 Å². The fourth-order valence-corrected chi connectivity index (χ4v) is 2.83. The molecule has 2 aliphatic rings. The van der Waals surface area contributed by atoms with Crippen LogP contribution >= 0.6 is 0 Å². The minimum Gasteiger partial charge on any atom is -0.314 e. The fourth-order valence-electron chi connectivity index (χ4n) is 2.83. The zero-order valence-corrected chi connectivity index (χ0v) is 12.3. The van der Waals surface area contributed by atoms with E-state index in [2.05, 4.69) is 45.0 Å². The third-order valence-electron chi connectivity index (χ3n) is 5.01. The van der Waals surface area contributed by atoms with Crippen LogP contribution in [0, 0.1) is 11.3 Å². The van der Waals surface area contributed by atoms with Crippen LogP contribution in [-0.2, 0) is 0 Å². The van der Waals surface area contributed by atoms with Crippen LogP contribution in [0.25, 0.3) is 0 Å². The van der Waals surface area contributed by atoms with Gasteiger partial charge in [-0.2, -0.15) is 0 Å². The summed E-state index contributed by atoms with van der Waals surface area (Å²) in [5.41, 5.74) is 0.388. The minimum atomic E-state index is 0.388. The van der Waals surface area contributed by atoms with Crippen molar-refractivity contribution in [2.45, 2.75) is 71.5 Å². The summed E-state index contributed by atoms with van der Waals surface area (Å²) < 4.78 is 0. The van der Waals surface area contributed by atoms with Gasteiger partial charge in [-0.3, -0.25) is 4.90 Å². The first-order valence-electron chi connectivity index (χ1n) is 7.35. The van der Waals surface area contributed by atoms with E-state index in [4.69, 9.17) is 0 Å². The highest BCUT2D eigenvalue weighted by Crippen LogP contribution is 2.36. The van der Waals surface area contributed by atoms with E-state index in [1.807, 2.05) is 0 Å². The summed E-state index contributed by atoms with van der Waals surface area (Å²) in [6.07, 6.45) is 5.64. The summed E-state index contributed by atoms with van der Waals surface area (Å²) >= 11 is 0. The van der Waals surface area contributed by atoms with Crippen LogP contribution in [0.5, 0.6) is 0 Å². The molecule has 0 aromatic heterocycles. The Morgan fingerprint density at radius 2 is 1.82 bits per heavy atom. The molecule has 0 heterocycles. The summed E-state index contributed by atoms with van der Waals surface area (Å²) in [4.78, 5) is 2.63. The van der Waals surface area contributed by atoms with Crippen molar-refractivity contribution in [1.82, 2.24) is 10.2 Å². The second-order valence-electron chi connectivity index (χ2n) is 7.29. The molecule has 2 nitrogen and oxygen atoms in total. The third-order valence-corrected chi connectivity index (χ3v) is 5.01. The topological polar surface area (TPSA) is 15.3 Å². The first kappa shape index (κ1) is 13.4. The lowest BCUT2D eigenvalue weighted by atomic mass is 9.76. The summed E-state index contributed by atoms with van der Waals surface area (Å²) in [5, 5.41) is 3.69. The molecule has 0 amide bonds. The van der Waals surface area contributed by atoms with Crippen molar-refractivity contribution in [2.24, 2.45) is 11.3 Å². The van der Waals surface area contributed by atoms with Crippen LogP contribution in [0.1, 0.15) is 53.4 Å². The second-order valence-corrected chi connectivity index (χ2v) is 7.29. The Morgan fingerprint density at radius 1 is 1.18 bits per heavy atom. The minimum absolute atomic E-state index is 0.388. The van der Waals surface area contributed by atoms with Crippen LogP contribution in [0.15, 0.2) is 0 Å². The first-order chi connectivity index (χ1) is 7.89. The van der Waals surface area contributed by atoms with Gasteiger partial charge in [0.05, 0.1) is 0 Å². The number of hydrogen-bond acceptors (Lipinski definition) is 2. The van der Waals surface area contributed by atoms with Gasteiger partial charge in [-0.15, -0.1) is 0 Å². The van der Waals surface area contributed by atoms with Crippen molar-refractivity contribution in [2.75, 3.05) is 13.6 Å². The average molecular weight is 238 g/mol. The van der Waals surface area contributed by atoms with Gasteiger partial charge in [0.1, 0.15) is 0 Å². The molecule has 3 atom stereocenters. The molecule has 0 spiro atoms. The molecule has 17 heavy (non-hydrogen) atoms. The highest BCUT2D eigenvalue weighted by Gasteiger charge is 2.38. The van der Waals surface area contributed by atoms with Crippen LogP contribution < -0.4 is 5.32 Å². The Bertz CT molecular complexity index is 252. The van der Waals surface area contributed by atoms with Gasteiger partial charge in [0.25, 0.3) is 0 Å². The second kappa shape index (κ2) is 4.89. The molecule has 2 saturated carbocycles. The maximum Gasteiger partial charge on any atom is 0.0136 e. The monoisotopic (exact) mass is 238 g/mol. The summed E-state index contributed by atoms with van der Waals surface area (Å²) in [7, 11) is 2.32. The highest BCUT2D eigenvalue weighted by atomic mass is 15.2. The predicted octanol–water partition coefficient (Wildman–Crippen LogP) is 2.88. The zero-order chi connectivity index (χ0) is 12.6. The normalized spacial score (nSPS) is 31.4. The first-order valence-corrected chi connectivity index (χ1v) is 7.35. The molecule has 2 rings (SSSR count). The number of nitrogens with one attached hydrogen (secondary N) is 1. The Morgan fingerprint density at radius 3 is 2.24 bits per heavy atom. The predicted molar refractivity (Wildman–Crippen MR) is 74.2 cm³/mol. The SMILES string of the molecule is CC(N(C)C1CCC1CNC1CC1)C(C)(C)C. The van der Waals surface area contributed by atoms with Crippen LogP contribution in [0.4, 0.5) is 0 Å².